The van der Waals surface area contributed by atoms with Crippen LogP contribution in [0, 0.1) is 11.8 Å². The third-order valence-corrected chi connectivity index (χ3v) is 16.6. The monoisotopic (exact) mass is 1130 g/mol. The number of piperazine rings is 2. The maximum atomic E-state index is 13.2. The first-order valence-electron chi connectivity index (χ1n) is 25.7. The highest BCUT2D eigenvalue weighted by molar-refractivity contribution is 9.10. The minimum atomic E-state index is -0.493. The van der Waals surface area contributed by atoms with Crippen LogP contribution in [0.3, 0.4) is 0 Å². The van der Waals surface area contributed by atoms with Gasteiger partial charge in [0.05, 0.1) is 23.5 Å². The number of hydrogen-bond donors (Lipinski definition) is 1. The van der Waals surface area contributed by atoms with Crippen LogP contribution in [0.15, 0.2) is 69.9 Å². The molecular formula is C55H68Br2Cl2N8O4. The second-order valence-corrected chi connectivity index (χ2v) is 23.9. The van der Waals surface area contributed by atoms with E-state index in [0.29, 0.717) is 56.8 Å². The molecule has 4 aromatic rings. The molecule has 6 aliphatic rings. The summed E-state index contributed by atoms with van der Waals surface area (Å²) in [6, 6.07) is 17.1. The highest BCUT2D eigenvalue weighted by Gasteiger charge is 2.36. The van der Waals surface area contributed by atoms with Crippen LogP contribution in [-0.4, -0.2) is 137 Å². The van der Waals surface area contributed by atoms with Crippen molar-refractivity contribution in [2.24, 2.45) is 11.8 Å². The lowest BCUT2D eigenvalue weighted by Crippen LogP contribution is -2.50. The number of amides is 3. The molecule has 2 aliphatic carbocycles. The molecular weight excluding hydrogens is 1070 g/mol. The van der Waals surface area contributed by atoms with E-state index in [1.165, 1.54) is 33.4 Å². The van der Waals surface area contributed by atoms with Crippen molar-refractivity contribution in [3.8, 4) is 0 Å². The fourth-order valence-electron chi connectivity index (χ4n) is 11.5. The Bertz CT molecular complexity index is 2440. The number of carbonyl (C=O) groups excluding carboxylic acids is 3. The topological polar surface area (TPSA) is 114 Å². The molecule has 10 rings (SSSR count). The molecule has 4 aliphatic heterocycles. The lowest BCUT2D eigenvalue weighted by atomic mass is 9.93. The molecule has 4 saturated heterocycles. The van der Waals surface area contributed by atoms with E-state index in [0.717, 1.165) is 134 Å². The van der Waals surface area contributed by atoms with Gasteiger partial charge < -0.3 is 24.8 Å². The summed E-state index contributed by atoms with van der Waals surface area (Å²) >= 11 is 19.9. The Kier molecular flexibility index (Phi) is 17.1. The molecule has 0 saturated carbocycles. The maximum absolute atomic E-state index is 13.2. The van der Waals surface area contributed by atoms with Crippen LogP contribution in [0.4, 0.5) is 4.79 Å². The van der Waals surface area contributed by atoms with Crippen molar-refractivity contribution >= 4 is 73.0 Å². The van der Waals surface area contributed by atoms with Crippen LogP contribution in [0.25, 0.3) is 0 Å². The number of pyridine rings is 2. The average molecular weight is 1140 g/mol. The van der Waals surface area contributed by atoms with Crippen LogP contribution in [0.2, 0.25) is 10.0 Å². The molecule has 4 fully saturated rings. The van der Waals surface area contributed by atoms with Crippen LogP contribution in [0.5, 0.6) is 0 Å². The maximum Gasteiger partial charge on any atom is 0.410 e. The molecule has 6 heterocycles. The number of aromatic nitrogens is 2. The number of likely N-dealkylation sites (tertiary alicyclic amines) is 1. The van der Waals surface area contributed by atoms with E-state index in [9.17, 15) is 14.4 Å². The fraction of sp³-hybridized carbons (Fsp3) is 0.545. The predicted octanol–water partition coefficient (Wildman–Crippen LogP) is 10.1. The van der Waals surface area contributed by atoms with Crippen molar-refractivity contribution in [1.82, 2.24) is 39.8 Å². The SMILES string of the molecule is CC(C)(C)OC(=O)N1CCC(CC(=O)N2CCN(C3c4ccc(Cl)cc4CCc4cc(Br)cnc43)CC2)CC1.O=C(CC1CCNCC1)N1CCN(C2c3ccc(Cl)cc3CCc3cc(Br)cnc32)CC1. The van der Waals surface area contributed by atoms with Crippen LogP contribution >= 0.6 is 55.1 Å². The molecule has 2 atom stereocenters. The Morgan fingerprint density at radius 2 is 1.01 bits per heavy atom. The number of hydrogen-bond acceptors (Lipinski definition) is 9. The Labute approximate surface area is 446 Å². The van der Waals surface area contributed by atoms with E-state index in [4.69, 9.17) is 37.9 Å². The number of ether oxygens (including phenoxy) is 1. The van der Waals surface area contributed by atoms with Gasteiger partial charge in [-0.3, -0.25) is 29.4 Å². The number of rotatable bonds is 6. The summed E-state index contributed by atoms with van der Waals surface area (Å²) in [5.41, 5.74) is 9.46. The number of nitrogens with one attached hydrogen (secondary N) is 1. The van der Waals surface area contributed by atoms with Crippen LogP contribution in [-0.2, 0) is 40.0 Å². The van der Waals surface area contributed by atoms with E-state index in [2.05, 4.69) is 88.3 Å². The predicted molar refractivity (Wildman–Crippen MR) is 287 cm³/mol. The van der Waals surface area contributed by atoms with E-state index in [-0.39, 0.29) is 24.1 Å². The van der Waals surface area contributed by atoms with E-state index < -0.39 is 5.60 Å². The first kappa shape index (κ1) is 52.2. The Balaban J connectivity index is 0.000000179. The number of piperidine rings is 2. The molecule has 0 radical (unpaired) electrons. The molecule has 16 heteroatoms. The van der Waals surface area contributed by atoms with Crippen molar-refractivity contribution < 1.29 is 19.1 Å². The highest BCUT2D eigenvalue weighted by Crippen LogP contribution is 2.40. The zero-order valence-corrected chi connectivity index (χ0v) is 46.1. The molecule has 0 bridgehead atoms. The van der Waals surface area contributed by atoms with Crippen molar-refractivity contribution in [1.29, 1.82) is 0 Å². The van der Waals surface area contributed by atoms with Crippen molar-refractivity contribution in [3.63, 3.8) is 0 Å². The molecule has 2 aromatic carbocycles. The average Bonchev–Trinajstić information content (AvgIpc) is 3.61. The largest absolute Gasteiger partial charge is 0.444 e. The summed E-state index contributed by atoms with van der Waals surface area (Å²) in [4.78, 5) is 59.2. The smallest absolute Gasteiger partial charge is 0.410 e. The van der Waals surface area contributed by atoms with Crippen LogP contribution in [0.1, 0.15) is 116 Å². The summed E-state index contributed by atoms with van der Waals surface area (Å²) in [5.74, 6) is 1.39. The number of carbonyl (C=O) groups is 3. The summed E-state index contributed by atoms with van der Waals surface area (Å²) in [7, 11) is 0. The summed E-state index contributed by atoms with van der Waals surface area (Å²) < 4.78 is 7.52. The summed E-state index contributed by atoms with van der Waals surface area (Å²) in [6.45, 7) is 15.3. The molecule has 3 amide bonds. The number of halogens is 4. The molecule has 380 valence electrons. The zero-order valence-electron chi connectivity index (χ0n) is 41.4. The van der Waals surface area contributed by atoms with E-state index >= 15 is 0 Å². The minimum Gasteiger partial charge on any atom is -0.444 e. The number of aryl methyl sites for hydroxylation is 4. The van der Waals surface area contributed by atoms with Gasteiger partial charge in [-0.25, -0.2) is 4.79 Å². The van der Waals surface area contributed by atoms with Gasteiger partial charge in [-0.1, -0.05) is 35.3 Å². The lowest BCUT2D eigenvalue weighted by Gasteiger charge is -2.40. The third kappa shape index (κ3) is 13.0. The van der Waals surface area contributed by atoms with Crippen molar-refractivity contribution in [2.45, 2.75) is 103 Å². The van der Waals surface area contributed by atoms with Gasteiger partial charge in [0, 0.05) is 110 Å². The molecule has 12 nitrogen and oxygen atoms in total. The fourth-order valence-corrected chi connectivity index (χ4v) is 12.7. The third-order valence-electron chi connectivity index (χ3n) is 15.3. The van der Waals surface area contributed by atoms with Gasteiger partial charge in [0.2, 0.25) is 11.8 Å². The van der Waals surface area contributed by atoms with Gasteiger partial charge in [-0.15, -0.1) is 0 Å². The molecule has 2 unspecified atom stereocenters. The number of benzene rings is 2. The molecule has 71 heavy (non-hydrogen) atoms. The molecule has 2 aromatic heterocycles. The van der Waals surface area contributed by atoms with Gasteiger partial charge in [-0.05, 0) is 199 Å². The molecule has 1 N–H and O–H groups in total. The number of fused-ring (bicyclic) bond motifs is 4. The minimum absolute atomic E-state index is 0.0531. The second kappa shape index (κ2) is 23.3. The summed E-state index contributed by atoms with van der Waals surface area (Å²) in [6.07, 6.45) is 12.5. The highest BCUT2D eigenvalue weighted by atomic mass is 79.9. The van der Waals surface area contributed by atoms with E-state index in [1.54, 1.807) is 4.90 Å². The Morgan fingerprint density at radius 3 is 1.45 bits per heavy atom. The second-order valence-electron chi connectivity index (χ2n) is 21.2. The lowest BCUT2D eigenvalue weighted by molar-refractivity contribution is -0.135. The molecule has 0 spiro atoms. The van der Waals surface area contributed by atoms with Gasteiger partial charge in [0.1, 0.15) is 5.60 Å². The van der Waals surface area contributed by atoms with Crippen molar-refractivity contribution in [2.75, 3.05) is 78.5 Å². The normalized spacial score (nSPS) is 21.4. The first-order chi connectivity index (χ1) is 34.2. The van der Waals surface area contributed by atoms with Crippen LogP contribution < -0.4 is 5.32 Å². The van der Waals surface area contributed by atoms with Crippen molar-refractivity contribution in [3.05, 3.63) is 125 Å². The van der Waals surface area contributed by atoms with Gasteiger partial charge in [0.25, 0.3) is 0 Å². The van der Waals surface area contributed by atoms with Gasteiger partial charge in [0.15, 0.2) is 0 Å². The summed E-state index contributed by atoms with van der Waals surface area (Å²) in [5, 5.41) is 4.94. The quantitative estimate of drug-likeness (QED) is 0.202. The standard InChI is InChI=1S/C30H38BrClN4O3.C25H30BrClN4O/c1-30(2,3)39-29(38)36-10-8-20(9-11-36)16-26(37)34-12-14-35(15-13-34)28-25-7-6-24(32)18-21(25)4-5-22-17-23(31)19-33-27(22)28;26-20-14-19-2-1-18-15-21(27)3-4-22(18)25(24(19)29-16-20)31-11-9-30(10-12-31)23(32)13-17-5-7-28-8-6-17/h6-7,17-20,28H,4-5,8-16H2,1-3H3;3-4,14-17,25,28H,1-2,5-13H2. The number of nitrogens with zero attached hydrogens (tertiary/aromatic N) is 7. The van der Waals surface area contributed by atoms with Gasteiger partial charge >= 0.3 is 6.09 Å². The first-order valence-corrected chi connectivity index (χ1v) is 28.1. The van der Waals surface area contributed by atoms with E-state index in [1.807, 2.05) is 50.2 Å². The Morgan fingerprint density at radius 1 is 0.592 bits per heavy atom. The zero-order chi connectivity index (χ0) is 49.8. The van der Waals surface area contributed by atoms with Gasteiger partial charge in [-0.2, -0.15) is 0 Å². The Hall–Kier alpha value is -3.63.